The van der Waals surface area contributed by atoms with Gasteiger partial charge in [-0.1, -0.05) is 42.5 Å². The predicted octanol–water partition coefficient (Wildman–Crippen LogP) is 3.56. The Morgan fingerprint density at radius 1 is 1.06 bits per heavy atom. The van der Waals surface area contributed by atoms with Crippen LogP contribution in [0.5, 0.6) is 0 Å². The molecule has 2 aromatic carbocycles. The van der Waals surface area contributed by atoms with Crippen molar-refractivity contribution in [3.05, 3.63) is 101 Å². The van der Waals surface area contributed by atoms with E-state index in [1.54, 1.807) is 24.2 Å². The first-order valence-corrected chi connectivity index (χ1v) is 11.4. The van der Waals surface area contributed by atoms with Crippen LogP contribution in [0.2, 0.25) is 0 Å². The zero-order valence-electron chi connectivity index (χ0n) is 20.0. The van der Waals surface area contributed by atoms with Crippen LogP contribution in [0.15, 0.2) is 73.1 Å². The van der Waals surface area contributed by atoms with Crippen molar-refractivity contribution in [2.45, 2.75) is 26.0 Å². The van der Waals surface area contributed by atoms with Crippen LogP contribution < -0.4 is 5.32 Å². The third kappa shape index (κ3) is 7.84. The van der Waals surface area contributed by atoms with E-state index in [1.807, 2.05) is 54.6 Å². The van der Waals surface area contributed by atoms with Gasteiger partial charge in [-0.05, 0) is 47.9 Å². The molecule has 0 saturated heterocycles. The number of nitrogens with zero attached hydrogens (tertiary/aromatic N) is 2. The molecule has 1 heterocycles. The zero-order valence-corrected chi connectivity index (χ0v) is 20.0. The van der Waals surface area contributed by atoms with E-state index in [2.05, 4.69) is 10.3 Å². The molecule has 0 spiro atoms. The van der Waals surface area contributed by atoms with Crippen molar-refractivity contribution in [1.29, 1.82) is 10.8 Å². The molecule has 8 heteroatoms. The highest BCUT2D eigenvalue weighted by Crippen LogP contribution is 2.13. The number of pyridine rings is 1. The highest BCUT2D eigenvalue weighted by molar-refractivity contribution is 5.98. The number of aliphatic hydroxyl groups is 1. The summed E-state index contributed by atoms with van der Waals surface area (Å²) in [6, 6.07) is 18.8. The molecule has 1 aromatic heterocycles. The maximum Gasteiger partial charge on any atom is 0.253 e. The molecule has 0 fully saturated rings. The van der Waals surface area contributed by atoms with Gasteiger partial charge in [-0.25, -0.2) is 0 Å². The molecule has 0 radical (unpaired) electrons. The third-order valence-electron chi connectivity index (χ3n) is 5.39. The van der Waals surface area contributed by atoms with Gasteiger partial charge in [-0.3, -0.25) is 20.6 Å². The van der Waals surface area contributed by atoms with Crippen LogP contribution in [0.4, 0.5) is 0 Å². The van der Waals surface area contributed by atoms with Gasteiger partial charge in [0.25, 0.3) is 5.91 Å². The highest BCUT2D eigenvalue weighted by atomic mass is 16.5. The Morgan fingerprint density at radius 2 is 1.77 bits per heavy atom. The van der Waals surface area contributed by atoms with E-state index in [0.717, 1.165) is 29.7 Å². The lowest BCUT2D eigenvalue weighted by atomic mass is 10.1. The van der Waals surface area contributed by atoms with Gasteiger partial charge in [0.1, 0.15) is 0 Å². The minimum atomic E-state index is -0.541. The largest absolute Gasteiger partial charge is 0.425 e. The topological polar surface area (TPSA) is 122 Å². The number of aliphatic hydroxyl groups excluding tert-OH is 1. The molecule has 0 bridgehead atoms. The van der Waals surface area contributed by atoms with Crippen molar-refractivity contribution in [2.75, 3.05) is 20.1 Å². The van der Waals surface area contributed by atoms with Gasteiger partial charge < -0.3 is 20.1 Å². The average Bonchev–Trinajstić information content (AvgIpc) is 2.86. The summed E-state index contributed by atoms with van der Waals surface area (Å²) in [6.45, 7) is 2.98. The zero-order chi connectivity index (χ0) is 25.2. The Morgan fingerprint density at radius 3 is 2.46 bits per heavy atom. The summed E-state index contributed by atoms with van der Waals surface area (Å²) in [4.78, 5) is 18.6. The number of aromatic nitrogens is 1. The molecule has 3 rings (SSSR count). The molecule has 8 nitrogen and oxygen atoms in total. The lowest BCUT2D eigenvalue weighted by Crippen LogP contribution is -2.26. The first-order valence-electron chi connectivity index (χ1n) is 11.4. The first kappa shape index (κ1) is 25.7. The van der Waals surface area contributed by atoms with E-state index < -0.39 is 6.10 Å². The monoisotopic (exact) mass is 473 g/mol. The second-order valence-electron chi connectivity index (χ2n) is 8.31. The van der Waals surface area contributed by atoms with Crippen LogP contribution in [-0.2, 0) is 17.7 Å². The molecule has 35 heavy (non-hydrogen) atoms. The van der Waals surface area contributed by atoms with Crippen molar-refractivity contribution >= 4 is 17.7 Å². The Labute approximate surface area is 205 Å². The fourth-order valence-corrected chi connectivity index (χ4v) is 3.55. The first-order chi connectivity index (χ1) is 16.8. The summed E-state index contributed by atoms with van der Waals surface area (Å²) in [7, 11) is 1.72. The van der Waals surface area contributed by atoms with Crippen LogP contribution in [0.3, 0.4) is 0 Å². The lowest BCUT2D eigenvalue weighted by Gasteiger charge is -2.18. The Kier molecular flexibility index (Phi) is 9.23. The van der Waals surface area contributed by atoms with E-state index in [-0.39, 0.29) is 17.7 Å². The third-order valence-corrected chi connectivity index (χ3v) is 5.39. The molecule has 3 aromatic rings. The minimum Gasteiger partial charge on any atom is -0.425 e. The fourth-order valence-electron chi connectivity index (χ4n) is 3.55. The summed E-state index contributed by atoms with van der Waals surface area (Å²) in [5.74, 6) is -0.343. The number of carbonyl (C=O) groups is 1. The SMILES string of the molecule is CC(=N)OC(=N)c1cncc(CN(C)C(=O)c2ccc(CCNCC(O)c3ccccc3)cc2)c1. The molecule has 4 N–H and O–H groups in total. The maximum atomic E-state index is 12.9. The summed E-state index contributed by atoms with van der Waals surface area (Å²) < 4.78 is 5.02. The number of rotatable bonds is 10. The minimum absolute atomic E-state index is 0.0725. The van der Waals surface area contributed by atoms with Gasteiger partial charge in [0.15, 0.2) is 5.90 Å². The summed E-state index contributed by atoms with van der Waals surface area (Å²) >= 11 is 0. The molecule has 0 aliphatic heterocycles. The van der Waals surface area contributed by atoms with Crippen LogP contribution in [0.1, 0.15) is 45.6 Å². The molecule has 1 amide bonds. The molecule has 0 aliphatic rings. The molecule has 182 valence electrons. The van der Waals surface area contributed by atoms with Gasteiger partial charge in [0.2, 0.25) is 5.90 Å². The number of amides is 1. The number of carbonyl (C=O) groups excluding carboxylic acids is 1. The predicted molar refractivity (Wildman–Crippen MR) is 136 cm³/mol. The molecule has 1 atom stereocenters. The van der Waals surface area contributed by atoms with E-state index in [4.69, 9.17) is 15.6 Å². The van der Waals surface area contributed by atoms with Crippen molar-refractivity contribution in [3.8, 4) is 0 Å². The summed E-state index contributed by atoms with van der Waals surface area (Å²) in [6.07, 6.45) is 3.38. The smallest absolute Gasteiger partial charge is 0.253 e. The van der Waals surface area contributed by atoms with Crippen LogP contribution >= 0.6 is 0 Å². The van der Waals surface area contributed by atoms with Gasteiger partial charge in [-0.15, -0.1) is 0 Å². The molecule has 0 saturated carbocycles. The highest BCUT2D eigenvalue weighted by Gasteiger charge is 2.14. The molecular weight excluding hydrogens is 442 g/mol. The lowest BCUT2D eigenvalue weighted by molar-refractivity contribution is 0.0785. The number of hydrogen-bond acceptors (Lipinski definition) is 7. The standard InChI is InChI=1S/C27H31N5O3/c1-19(28)35-26(29)24-14-21(15-31-16-24)18-32(2)27(34)23-10-8-20(9-11-23)12-13-30-17-25(33)22-6-4-3-5-7-22/h3-11,14-16,25,28-30,33H,12-13,17-18H2,1-2H3. The normalized spacial score (nSPS) is 11.5. The fraction of sp³-hybridized carbons (Fsp3) is 0.259. The van der Waals surface area contributed by atoms with Crippen LogP contribution in [0.25, 0.3) is 0 Å². The number of ether oxygens (including phenoxy) is 1. The Bertz CT molecular complexity index is 1150. The second kappa shape index (κ2) is 12.5. The Balaban J connectivity index is 1.48. The van der Waals surface area contributed by atoms with Gasteiger partial charge >= 0.3 is 0 Å². The van der Waals surface area contributed by atoms with Crippen LogP contribution in [-0.4, -0.2) is 52.8 Å². The van der Waals surface area contributed by atoms with Gasteiger partial charge in [0.05, 0.1) is 11.7 Å². The summed E-state index contributed by atoms with van der Waals surface area (Å²) in [5, 5.41) is 28.7. The quantitative estimate of drug-likeness (QED) is 0.204. The number of hydrogen-bond donors (Lipinski definition) is 4. The molecule has 0 aliphatic carbocycles. The van der Waals surface area contributed by atoms with E-state index in [0.29, 0.717) is 24.2 Å². The van der Waals surface area contributed by atoms with Gasteiger partial charge in [0, 0.05) is 45.0 Å². The molecule has 1 unspecified atom stereocenters. The van der Waals surface area contributed by atoms with Crippen LogP contribution in [0, 0.1) is 10.8 Å². The average molecular weight is 474 g/mol. The summed E-state index contributed by atoms with van der Waals surface area (Å²) in [5.41, 5.74) is 3.78. The van der Waals surface area contributed by atoms with Crippen molar-refractivity contribution in [1.82, 2.24) is 15.2 Å². The van der Waals surface area contributed by atoms with Gasteiger partial charge in [-0.2, -0.15) is 0 Å². The number of nitrogens with one attached hydrogen (secondary N) is 3. The van der Waals surface area contributed by atoms with Crippen molar-refractivity contribution < 1.29 is 14.6 Å². The number of benzene rings is 2. The van der Waals surface area contributed by atoms with Crippen molar-refractivity contribution in [2.24, 2.45) is 0 Å². The van der Waals surface area contributed by atoms with E-state index in [1.165, 1.54) is 13.1 Å². The second-order valence-corrected chi connectivity index (χ2v) is 8.31. The Hall–Kier alpha value is -3.88. The van der Waals surface area contributed by atoms with Crippen molar-refractivity contribution in [3.63, 3.8) is 0 Å². The van der Waals surface area contributed by atoms with E-state index in [9.17, 15) is 9.90 Å². The maximum absolute atomic E-state index is 12.9. The van der Waals surface area contributed by atoms with E-state index >= 15 is 0 Å². The molecular formula is C27H31N5O3.